The van der Waals surface area contributed by atoms with E-state index in [1.54, 1.807) is 18.6 Å². The Morgan fingerprint density at radius 2 is 2.28 bits per heavy atom. The summed E-state index contributed by atoms with van der Waals surface area (Å²) in [5.74, 6) is 0.449. The molecule has 3 rings (SSSR count). The average Bonchev–Trinajstić information content (AvgIpc) is 2.97. The number of hydrogen-bond donors (Lipinski definition) is 1. The van der Waals surface area contributed by atoms with Crippen molar-refractivity contribution < 1.29 is 4.42 Å². The van der Waals surface area contributed by atoms with Crippen LogP contribution in [0.1, 0.15) is 5.69 Å². The monoisotopic (exact) mass is 277 g/mol. The molecule has 8 heteroatoms. The minimum Gasteiger partial charge on any atom is -0.408 e. The summed E-state index contributed by atoms with van der Waals surface area (Å²) in [6, 6.07) is 0. The third kappa shape index (κ3) is 1.95. The number of aromatic nitrogens is 5. The lowest BCUT2D eigenvalue weighted by atomic mass is 10.4. The molecule has 0 radical (unpaired) electrons. The second kappa shape index (κ2) is 4.39. The minimum absolute atomic E-state index is 0.249. The molecule has 0 bridgehead atoms. The lowest BCUT2D eigenvalue weighted by molar-refractivity contribution is 0.553. The van der Waals surface area contributed by atoms with Gasteiger partial charge >= 0.3 is 0 Å². The van der Waals surface area contributed by atoms with Gasteiger partial charge < -0.3 is 4.42 Å². The summed E-state index contributed by atoms with van der Waals surface area (Å²) in [7, 11) is 0. The number of rotatable bonds is 2. The fraction of sp³-hybridized carbons (Fsp3) is 0.100. The molecular formula is C10H7N5OS2. The first kappa shape index (κ1) is 11.2. The van der Waals surface area contributed by atoms with Gasteiger partial charge in [0.1, 0.15) is 15.6 Å². The molecule has 0 atom stereocenters. The van der Waals surface area contributed by atoms with E-state index in [1.807, 2.05) is 6.92 Å². The van der Waals surface area contributed by atoms with E-state index in [2.05, 4.69) is 25.1 Å². The third-order valence-corrected chi connectivity index (χ3v) is 3.55. The number of nitrogens with one attached hydrogen (secondary N) is 1. The van der Waals surface area contributed by atoms with Crippen LogP contribution >= 0.6 is 23.6 Å². The van der Waals surface area contributed by atoms with Crippen LogP contribution < -0.4 is 0 Å². The number of thiazole rings is 1. The van der Waals surface area contributed by atoms with E-state index in [9.17, 15) is 0 Å². The molecule has 3 aromatic heterocycles. The van der Waals surface area contributed by atoms with Crippen LogP contribution in [0.2, 0.25) is 0 Å². The van der Waals surface area contributed by atoms with Crippen LogP contribution in [0.25, 0.3) is 21.5 Å². The van der Waals surface area contributed by atoms with Crippen LogP contribution in [0.5, 0.6) is 0 Å². The van der Waals surface area contributed by atoms with Gasteiger partial charge in [-0.1, -0.05) is 0 Å². The van der Waals surface area contributed by atoms with Crippen LogP contribution in [0, 0.1) is 11.8 Å². The molecule has 0 saturated carbocycles. The highest BCUT2D eigenvalue weighted by atomic mass is 32.1. The number of aromatic amines is 1. The van der Waals surface area contributed by atoms with Gasteiger partial charge in [0, 0.05) is 12.4 Å². The molecule has 3 heterocycles. The van der Waals surface area contributed by atoms with Crippen molar-refractivity contribution in [3.63, 3.8) is 0 Å². The van der Waals surface area contributed by atoms with Gasteiger partial charge in [0.25, 0.3) is 10.7 Å². The maximum absolute atomic E-state index is 5.28. The molecule has 1 N–H and O–H groups in total. The van der Waals surface area contributed by atoms with E-state index in [1.165, 1.54) is 11.3 Å². The van der Waals surface area contributed by atoms with Gasteiger partial charge in [-0.15, -0.1) is 16.4 Å². The van der Waals surface area contributed by atoms with Crippen LogP contribution in [0.4, 0.5) is 0 Å². The van der Waals surface area contributed by atoms with E-state index in [0.717, 1.165) is 21.3 Å². The van der Waals surface area contributed by atoms with Gasteiger partial charge in [0.15, 0.2) is 0 Å². The summed E-state index contributed by atoms with van der Waals surface area (Å²) in [4.78, 5) is 13.7. The standard InChI is InChI=1S/C10H7N5OS2/c1-5-7(8-14-15-10(17)16-8)18-9(13-5)6-4-11-2-3-12-6/h2-4H,1H3,(H,15,17). The van der Waals surface area contributed by atoms with Gasteiger partial charge in [-0.2, -0.15) is 0 Å². The normalized spacial score (nSPS) is 10.7. The largest absolute Gasteiger partial charge is 0.408 e. The Labute approximate surface area is 111 Å². The van der Waals surface area contributed by atoms with Crippen molar-refractivity contribution in [3.8, 4) is 21.5 Å². The van der Waals surface area contributed by atoms with Gasteiger partial charge in [0.2, 0.25) is 0 Å². The fourth-order valence-corrected chi connectivity index (χ4v) is 2.52. The molecule has 90 valence electrons. The Bertz CT molecular complexity index is 730. The van der Waals surface area contributed by atoms with Crippen molar-refractivity contribution in [2.75, 3.05) is 0 Å². The van der Waals surface area contributed by atoms with Crippen LogP contribution in [-0.2, 0) is 0 Å². The Morgan fingerprint density at radius 3 is 2.94 bits per heavy atom. The summed E-state index contributed by atoms with van der Waals surface area (Å²) in [6.45, 7) is 1.89. The Balaban J connectivity index is 2.09. The lowest BCUT2D eigenvalue weighted by Gasteiger charge is -1.90. The maximum Gasteiger partial charge on any atom is 0.284 e. The van der Waals surface area contributed by atoms with Crippen LogP contribution in [-0.4, -0.2) is 25.1 Å². The first-order chi connectivity index (χ1) is 8.74. The molecule has 0 aliphatic heterocycles. The predicted octanol–water partition coefficient (Wildman–Crippen LogP) is 2.62. The molecule has 0 fully saturated rings. The van der Waals surface area contributed by atoms with E-state index in [4.69, 9.17) is 16.6 Å². The highest BCUT2D eigenvalue weighted by Gasteiger charge is 2.15. The third-order valence-electron chi connectivity index (χ3n) is 2.21. The lowest BCUT2D eigenvalue weighted by Crippen LogP contribution is -1.83. The second-order valence-corrected chi connectivity index (χ2v) is 4.81. The number of H-pyrrole nitrogens is 1. The average molecular weight is 277 g/mol. The zero-order chi connectivity index (χ0) is 12.5. The maximum atomic E-state index is 5.28. The van der Waals surface area contributed by atoms with Crippen molar-refractivity contribution in [2.24, 2.45) is 0 Å². The first-order valence-electron chi connectivity index (χ1n) is 5.04. The predicted molar refractivity (Wildman–Crippen MR) is 68.6 cm³/mol. The van der Waals surface area contributed by atoms with Crippen molar-refractivity contribution in [1.82, 2.24) is 25.1 Å². The van der Waals surface area contributed by atoms with Crippen molar-refractivity contribution >= 4 is 23.6 Å². The molecule has 0 saturated heterocycles. The zero-order valence-corrected chi connectivity index (χ0v) is 10.9. The Morgan fingerprint density at radius 1 is 1.39 bits per heavy atom. The fourth-order valence-electron chi connectivity index (χ4n) is 1.44. The number of nitrogens with zero attached hydrogens (tertiary/aromatic N) is 4. The molecule has 0 aliphatic carbocycles. The van der Waals surface area contributed by atoms with Crippen molar-refractivity contribution in [3.05, 3.63) is 29.1 Å². The quantitative estimate of drug-likeness (QED) is 0.725. The van der Waals surface area contributed by atoms with Gasteiger partial charge in [-0.25, -0.2) is 10.1 Å². The van der Waals surface area contributed by atoms with Crippen LogP contribution in [0.15, 0.2) is 23.0 Å². The van der Waals surface area contributed by atoms with Crippen LogP contribution in [0.3, 0.4) is 0 Å². The van der Waals surface area contributed by atoms with Crippen molar-refractivity contribution in [2.45, 2.75) is 6.92 Å². The first-order valence-corrected chi connectivity index (χ1v) is 6.26. The smallest absolute Gasteiger partial charge is 0.284 e. The van der Waals surface area contributed by atoms with E-state index in [0.29, 0.717) is 5.89 Å². The Kier molecular flexibility index (Phi) is 2.73. The molecule has 0 amide bonds. The van der Waals surface area contributed by atoms with E-state index >= 15 is 0 Å². The summed E-state index contributed by atoms with van der Waals surface area (Å²) >= 11 is 6.30. The topological polar surface area (TPSA) is 80.5 Å². The number of aryl methyl sites for hydroxylation is 1. The van der Waals surface area contributed by atoms with Gasteiger partial charge in [0.05, 0.1) is 11.9 Å². The highest BCUT2D eigenvalue weighted by Crippen LogP contribution is 2.32. The molecule has 0 unspecified atom stereocenters. The summed E-state index contributed by atoms with van der Waals surface area (Å²) in [5, 5.41) is 7.36. The van der Waals surface area contributed by atoms with Gasteiger partial charge in [-0.3, -0.25) is 9.97 Å². The zero-order valence-electron chi connectivity index (χ0n) is 9.25. The van der Waals surface area contributed by atoms with E-state index in [-0.39, 0.29) is 4.84 Å². The molecule has 3 aromatic rings. The summed E-state index contributed by atoms with van der Waals surface area (Å²) in [6.07, 6.45) is 4.92. The summed E-state index contributed by atoms with van der Waals surface area (Å²) in [5.41, 5.74) is 1.55. The molecule has 0 aliphatic rings. The SMILES string of the molecule is Cc1nc(-c2cnccn2)sc1-c1n[nH]c(=S)o1. The van der Waals surface area contributed by atoms with Gasteiger partial charge in [-0.05, 0) is 19.1 Å². The summed E-state index contributed by atoms with van der Waals surface area (Å²) < 4.78 is 5.28. The molecule has 0 aromatic carbocycles. The molecular weight excluding hydrogens is 270 g/mol. The van der Waals surface area contributed by atoms with Crippen molar-refractivity contribution in [1.29, 1.82) is 0 Å². The molecule has 6 nitrogen and oxygen atoms in total. The number of hydrogen-bond acceptors (Lipinski definition) is 7. The Hall–Kier alpha value is -1.93. The minimum atomic E-state index is 0.249. The second-order valence-electron chi connectivity index (χ2n) is 3.44. The molecule has 18 heavy (non-hydrogen) atoms. The van der Waals surface area contributed by atoms with E-state index < -0.39 is 0 Å². The molecule has 0 spiro atoms. The highest BCUT2D eigenvalue weighted by molar-refractivity contribution is 7.71.